The van der Waals surface area contributed by atoms with Gasteiger partial charge < -0.3 is 4.98 Å². The Morgan fingerprint density at radius 1 is 1.55 bits per heavy atom. The third-order valence-electron chi connectivity index (χ3n) is 1.95. The number of aromatic nitrogens is 1. The molecule has 60 valence electrons. The molecule has 0 aliphatic carbocycles. The zero-order chi connectivity index (χ0) is 8.43. The number of nitrogens with one attached hydrogen (secondary N) is 2. The van der Waals surface area contributed by atoms with E-state index < -0.39 is 0 Å². The van der Waals surface area contributed by atoms with Gasteiger partial charge in [0, 0.05) is 17.5 Å². The summed E-state index contributed by atoms with van der Waals surface area (Å²) in [5.41, 5.74) is 10.3. The first-order valence-electron chi connectivity index (χ1n) is 3.68. The maximum atomic E-state index is 6.89. The molecule has 11 heavy (non-hydrogen) atoms. The monoisotopic (exact) mass is 151 g/mol. The van der Waals surface area contributed by atoms with E-state index in [0.29, 0.717) is 0 Å². The zero-order valence-corrected chi connectivity index (χ0v) is 7.10. The summed E-state index contributed by atoms with van der Waals surface area (Å²) in [6.07, 6.45) is 1.95. The third-order valence-corrected chi connectivity index (χ3v) is 1.95. The van der Waals surface area contributed by atoms with Gasteiger partial charge in [0.2, 0.25) is 0 Å². The number of aromatic amines is 1. The van der Waals surface area contributed by atoms with Crippen LogP contribution in [-0.4, -0.2) is 4.98 Å². The zero-order valence-electron chi connectivity index (χ0n) is 7.10. The van der Waals surface area contributed by atoms with Gasteiger partial charge in [-0.2, -0.15) is 5.11 Å². The van der Waals surface area contributed by atoms with Crippen molar-refractivity contribution in [2.45, 2.75) is 26.8 Å². The van der Waals surface area contributed by atoms with Crippen LogP contribution in [0.25, 0.3) is 0 Å². The molecule has 1 atom stereocenters. The van der Waals surface area contributed by atoms with E-state index in [1.165, 1.54) is 5.56 Å². The fraction of sp³-hybridized carbons (Fsp3) is 0.500. The molecular weight excluding hydrogens is 138 g/mol. The van der Waals surface area contributed by atoms with Crippen LogP contribution < -0.4 is 0 Å². The van der Waals surface area contributed by atoms with Crippen LogP contribution in [0.1, 0.15) is 29.8 Å². The van der Waals surface area contributed by atoms with Crippen LogP contribution in [-0.2, 0) is 0 Å². The van der Waals surface area contributed by atoms with Crippen molar-refractivity contribution in [2.75, 3.05) is 0 Å². The van der Waals surface area contributed by atoms with Crippen molar-refractivity contribution in [3.8, 4) is 0 Å². The standard InChI is InChI=1S/C8H13N3/c1-5-4-10-6(2)8(5)7(3)11-9/h4,7,9-10H,1-3H3. The highest BCUT2D eigenvalue weighted by Crippen LogP contribution is 2.23. The van der Waals surface area contributed by atoms with E-state index in [-0.39, 0.29) is 6.04 Å². The van der Waals surface area contributed by atoms with Gasteiger partial charge in [0.05, 0.1) is 6.04 Å². The van der Waals surface area contributed by atoms with Crippen LogP contribution in [0, 0.1) is 19.4 Å². The van der Waals surface area contributed by atoms with Gasteiger partial charge in [0.25, 0.3) is 0 Å². The van der Waals surface area contributed by atoms with Crippen LogP contribution in [0.3, 0.4) is 0 Å². The first-order valence-corrected chi connectivity index (χ1v) is 3.68. The second-order valence-corrected chi connectivity index (χ2v) is 2.82. The van der Waals surface area contributed by atoms with Crippen molar-refractivity contribution < 1.29 is 0 Å². The molecule has 0 aliphatic rings. The predicted molar refractivity (Wildman–Crippen MR) is 43.8 cm³/mol. The maximum absolute atomic E-state index is 6.89. The minimum absolute atomic E-state index is 0.0127. The van der Waals surface area contributed by atoms with Gasteiger partial charge in [0.1, 0.15) is 0 Å². The number of H-pyrrole nitrogens is 1. The summed E-state index contributed by atoms with van der Waals surface area (Å²) in [4.78, 5) is 3.11. The van der Waals surface area contributed by atoms with E-state index in [0.717, 1.165) is 11.3 Å². The molecule has 0 fully saturated rings. The molecule has 0 aliphatic heterocycles. The van der Waals surface area contributed by atoms with Crippen LogP contribution in [0.5, 0.6) is 0 Å². The smallest absolute Gasteiger partial charge is 0.0946 e. The average Bonchev–Trinajstić information content (AvgIpc) is 2.30. The van der Waals surface area contributed by atoms with Crippen LogP contribution >= 0.6 is 0 Å². The molecule has 1 rings (SSSR count). The number of nitrogens with zero attached hydrogens (tertiary/aromatic N) is 1. The summed E-state index contributed by atoms with van der Waals surface area (Å²) in [6.45, 7) is 5.96. The van der Waals surface area contributed by atoms with Gasteiger partial charge in [-0.3, -0.25) is 0 Å². The van der Waals surface area contributed by atoms with Crippen molar-refractivity contribution in [1.29, 1.82) is 5.53 Å². The van der Waals surface area contributed by atoms with E-state index in [9.17, 15) is 0 Å². The van der Waals surface area contributed by atoms with Crippen molar-refractivity contribution in [2.24, 2.45) is 5.11 Å². The molecule has 0 aromatic carbocycles. The molecule has 0 spiro atoms. The highest BCUT2D eigenvalue weighted by Gasteiger charge is 2.10. The highest BCUT2D eigenvalue weighted by atomic mass is 15.0. The molecule has 3 heteroatoms. The molecule has 2 N–H and O–H groups in total. The lowest BCUT2D eigenvalue weighted by molar-refractivity contribution is 0.725. The van der Waals surface area contributed by atoms with Crippen molar-refractivity contribution in [3.05, 3.63) is 23.0 Å². The van der Waals surface area contributed by atoms with Crippen molar-refractivity contribution in [3.63, 3.8) is 0 Å². The molecular formula is C8H13N3. The first-order chi connectivity index (χ1) is 5.16. The van der Waals surface area contributed by atoms with Crippen LogP contribution in [0.2, 0.25) is 0 Å². The molecule has 1 unspecified atom stereocenters. The molecule has 1 aromatic rings. The Bertz CT molecular complexity index is 243. The molecule has 0 bridgehead atoms. The van der Waals surface area contributed by atoms with E-state index >= 15 is 0 Å². The second kappa shape index (κ2) is 2.86. The fourth-order valence-electron chi connectivity index (χ4n) is 1.38. The summed E-state index contributed by atoms with van der Waals surface area (Å²) in [7, 11) is 0. The lowest BCUT2D eigenvalue weighted by Gasteiger charge is -2.04. The normalized spacial score (nSPS) is 13.0. The predicted octanol–water partition coefficient (Wildman–Crippen LogP) is 2.72. The second-order valence-electron chi connectivity index (χ2n) is 2.82. The van der Waals surface area contributed by atoms with E-state index in [1.807, 2.05) is 27.0 Å². The summed E-state index contributed by atoms with van der Waals surface area (Å²) in [5, 5.41) is 3.48. The van der Waals surface area contributed by atoms with Gasteiger partial charge >= 0.3 is 0 Å². The van der Waals surface area contributed by atoms with E-state index in [1.54, 1.807) is 0 Å². The minimum Gasteiger partial charge on any atom is -0.365 e. The number of rotatable bonds is 2. The molecule has 1 heterocycles. The molecule has 0 radical (unpaired) electrons. The summed E-state index contributed by atoms with van der Waals surface area (Å²) in [6, 6.07) is -0.0127. The van der Waals surface area contributed by atoms with Crippen LogP contribution in [0.15, 0.2) is 11.3 Å². The third kappa shape index (κ3) is 1.31. The molecule has 0 saturated heterocycles. The Balaban J connectivity index is 3.09. The average molecular weight is 151 g/mol. The van der Waals surface area contributed by atoms with E-state index in [4.69, 9.17) is 5.53 Å². The van der Waals surface area contributed by atoms with Gasteiger partial charge in [-0.05, 0) is 26.3 Å². The van der Waals surface area contributed by atoms with Gasteiger partial charge in [-0.15, -0.1) is 0 Å². The number of aryl methyl sites for hydroxylation is 2. The molecule has 0 amide bonds. The van der Waals surface area contributed by atoms with Gasteiger partial charge in [-0.25, -0.2) is 5.53 Å². The highest BCUT2D eigenvalue weighted by molar-refractivity contribution is 5.31. The maximum Gasteiger partial charge on any atom is 0.0946 e. The Labute approximate surface area is 66.3 Å². The minimum atomic E-state index is -0.0127. The Morgan fingerprint density at radius 2 is 2.18 bits per heavy atom. The lowest BCUT2D eigenvalue weighted by atomic mass is 10.1. The summed E-state index contributed by atoms with van der Waals surface area (Å²) < 4.78 is 0. The Hall–Kier alpha value is -1.12. The Kier molecular flexibility index (Phi) is 2.08. The van der Waals surface area contributed by atoms with Crippen LogP contribution in [0.4, 0.5) is 0 Å². The number of hydrogen-bond donors (Lipinski definition) is 2. The van der Waals surface area contributed by atoms with Gasteiger partial charge in [0.15, 0.2) is 0 Å². The quantitative estimate of drug-likeness (QED) is 0.611. The van der Waals surface area contributed by atoms with Gasteiger partial charge in [-0.1, -0.05) is 0 Å². The molecule has 3 nitrogen and oxygen atoms in total. The van der Waals surface area contributed by atoms with Crippen molar-refractivity contribution >= 4 is 0 Å². The molecule has 1 aromatic heterocycles. The summed E-state index contributed by atoms with van der Waals surface area (Å²) >= 11 is 0. The SMILES string of the molecule is Cc1c[nH]c(C)c1C(C)N=N. The Morgan fingerprint density at radius 3 is 2.55 bits per heavy atom. The van der Waals surface area contributed by atoms with E-state index in [2.05, 4.69) is 10.1 Å². The number of hydrogen-bond acceptors (Lipinski definition) is 2. The summed E-state index contributed by atoms with van der Waals surface area (Å²) in [5.74, 6) is 0. The topological polar surface area (TPSA) is 52.0 Å². The van der Waals surface area contributed by atoms with Crippen molar-refractivity contribution in [1.82, 2.24) is 4.98 Å². The fourth-order valence-corrected chi connectivity index (χ4v) is 1.38. The molecule has 0 saturated carbocycles. The lowest BCUT2D eigenvalue weighted by Crippen LogP contribution is -1.91. The largest absolute Gasteiger partial charge is 0.365 e. The first kappa shape index (κ1) is 7.98.